The third kappa shape index (κ3) is 4.30. The molecule has 0 unspecified atom stereocenters. The maximum Gasteiger partial charge on any atom is 0.200 e. The number of hydrogen-bond donors (Lipinski definition) is 0. The summed E-state index contributed by atoms with van der Waals surface area (Å²) in [5, 5.41) is 1.24. The van der Waals surface area contributed by atoms with Crippen molar-refractivity contribution in [3.8, 4) is 22.5 Å². The van der Waals surface area contributed by atoms with E-state index in [1.807, 2.05) is 91.0 Å². The van der Waals surface area contributed by atoms with Gasteiger partial charge in [0.25, 0.3) is 0 Å². The van der Waals surface area contributed by atoms with E-state index in [1.54, 1.807) is 18.2 Å². The lowest BCUT2D eigenvalue weighted by Gasteiger charge is -2.02. The molecule has 6 aromatic rings. The van der Waals surface area contributed by atoms with Gasteiger partial charge in [-0.25, -0.2) is 0 Å². The molecule has 0 aliphatic heterocycles. The first-order valence-electron chi connectivity index (χ1n) is 10.8. The molecule has 4 aromatic carbocycles. The van der Waals surface area contributed by atoms with E-state index in [1.165, 1.54) is 12.3 Å². The molecule has 0 radical (unpaired) electrons. The van der Waals surface area contributed by atoms with Gasteiger partial charge in [-0.15, -0.1) is 0 Å². The topological polar surface area (TPSA) is 60.4 Å². The van der Waals surface area contributed by atoms with Crippen molar-refractivity contribution in [1.29, 1.82) is 0 Å². The zero-order chi connectivity index (χ0) is 23.3. The maximum atomic E-state index is 12.3. The van der Waals surface area contributed by atoms with Crippen molar-refractivity contribution in [3.05, 3.63) is 142 Å². The van der Waals surface area contributed by atoms with Crippen LogP contribution in [0, 0.1) is 0 Å². The Hall–Kier alpha value is -4.70. The van der Waals surface area contributed by atoms with Crippen LogP contribution in [0.15, 0.2) is 140 Å². The fourth-order valence-corrected chi connectivity index (χ4v) is 3.74. The predicted molar refractivity (Wildman–Crippen MR) is 136 cm³/mol. The van der Waals surface area contributed by atoms with E-state index in [0.29, 0.717) is 33.3 Å². The van der Waals surface area contributed by atoms with E-state index in [0.717, 1.165) is 11.1 Å². The van der Waals surface area contributed by atoms with Crippen LogP contribution in [0.3, 0.4) is 0 Å². The van der Waals surface area contributed by atoms with Gasteiger partial charge < -0.3 is 8.83 Å². The van der Waals surface area contributed by atoms with Gasteiger partial charge in [0.1, 0.15) is 23.2 Å². The van der Waals surface area contributed by atoms with E-state index in [9.17, 15) is 9.59 Å². The molecule has 0 saturated carbocycles. The fourth-order valence-electron chi connectivity index (χ4n) is 3.74. The van der Waals surface area contributed by atoms with Gasteiger partial charge in [-0.2, -0.15) is 0 Å². The average Bonchev–Trinajstić information content (AvgIpc) is 2.90. The van der Waals surface area contributed by atoms with Gasteiger partial charge in [-0.1, -0.05) is 84.9 Å². The molecule has 0 saturated heterocycles. The fraction of sp³-hybridized carbons (Fsp3) is 0. The highest BCUT2D eigenvalue weighted by molar-refractivity contribution is 5.81. The van der Waals surface area contributed by atoms with Crippen LogP contribution in [-0.4, -0.2) is 0 Å². The molecular formula is C30H20O4. The first-order chi connectivity index (χ1) is 16.7. The van der Waals surface area contributed by atoms with Crippen molar-refractivity contribution in [2.24, 2.45) is 0 Å². The van der Waals surface area contributed by atoms with Gasteiger partial charge in [0.2, 0.25) is 0 Å². The van der Waals surface area contributed by atoms with Crippen molar-refractivity contribution in [1.82, 2.24) is 0 Å². The highest BCUT2D eigenvalue weighted by Gasteiger charge is 2.08. The minimum Gasteiger partial charge on any atom is -0.463 e. The molecule has 0 fully saturated rings. The maximum absolute atomic E-state index is 12.3. The summed E-state index contributed by atoms with van der Waals surface area (Å²) in [5.41, 5.74) is 3.64. The molecule has 4 heteroatoms. The Morgan fingerprint density at radius 1 is 0.529 bits per heavy atom. The Morgan fingerprint density at radius 2 is 1.09 bits per heavy atom. The number of hydrogen-bond acceptors (Lipinski definition) is 4. The molecule has 0 amide bonds. The Labute approximate surface area is 195 Å². The SMILES string of the molecule is O=c1c(-c2ccccc2)coc2ccccc12.O=c1cc(-c2ccccc2)oc2ccccc12. The molecule has 6 rings (SSSR count). The van der Waals surface area contributed by atoms with Crippen LogP contribution in [0.25, 0.3) is 44.4 Å². The Balaban J connectivity index is 0.000000142. The van der Waals surface area contributed by atoms with Crippen LogP contribution in [0.1, 0.15) is 0 Å². The molecule has 34 heavy (non-hydrogen) atoms. The van der Waals surface area contributed by atoms with E-state index in [2.05, 4.69) is 0 Å². The second kappa shape index (κ2) is 9.43. The summed E-state index contributed by atoms with van der Waals surface area (Å²) >= 11 is 0. The van der Waals surface area contributed by atoms with Gasteiger partial charge in [0.05, 0.1) is 16.3 Å². The van der Waals surface area contributed by atoms with Crippen molar-refractivity contribution in [2.45, 2.75) is 0 Å². The number of benzene rings is 4. The predicted octanol–water partition coefficient (Wildman–Crippen LogP) is 6.92. The Morgan fingerprint density at radius 3 is 1.79 bits per heavy atom. The molecule has 0 N–H and O–H groups in total. The highest BCUT2D eigenvalue weighted by atomic mass is 16.3. The van der Waals surface area contributed by atoms with Gasteiger partial charge >= 0.3 is 0 Å². The summed E-state index contributed by atoms with van der Waals surface area (Å²) in [6.07, 6.45) is 1.53. The second-order valence-electron chi connectivity index (χ2n) is 7.68. The smallest absolute Gasteiger partial charge is 0.200 e. The molecule has 0 atom stereocenters. The molecule has 4 nitrogen and oxygen atoms in total. The zero-order valence-corrected chi connectivity index (χ0v) is 18.2. The minimum absolute atomic E-state index is 0.00861. The standard InChI is InChI=1S/2C15H10O2/c16-13-10-15(11-6-2-1-3-7-11)17-14-9-5-4-8-12(13)14;16-15-12-8-4-5-9-14(12)17-10-13(15)11-6-2-1-3-7-11/h2*1-10H. The van der Waals surface area contributed by atoms with Crippen molar-refractivity contribution >= 4 is 21.9 Å². The molecule has 0 aliphatic rings. The van der Waals surface area contributed by atoms with Crippen LogP contribution in [0.2, 0.25) is 0 Å². The average molecular weight is 444 g/mol. The minimum atomic E-state index is -0.00861. The van der Waals surface area contributed by atoms with Gasteiger partial charge in [0, 0.05) is 11.6 Å². The quantitative estimate of drug-likeness (QED) is 0.291. The monoisotopic (exact) mass is 444 g/mol. The first-order valence-corrected chi connectivity index (χ1v) is 10.8. The lowest BCUT2D eigenvalue weighted by atomic mass is 10.1. The summed E-state index contributed by atoms with van der Waals surface area (Å²) in [6, 6.07) is 35.3. The summed E-state index contributed by atoms with van der Waals surface area (Å²) in [4.78, 5) is 24.2. The Bertz CT molecular complexity index is 1680. The highest BCUT2D eigenvalue weighted by Crippen LogP contribution is 2.21. The number of para-hydroxylation sites is 2. The Kier molecular flexibility index (Phi) is 5.87. The van der Waals surface area contributed by atoms with Crippen molar-refractivity contribution in [3.63, 3.8) is 0 Å². The molecule has 164 valence electrons. The van der Waals surface area contributed by atoms with Crippen molar-refractivity contribution < 1.29 is 8.83 Å². The van der Waals surface area contributed by atoms with Gasteiger partial charge in [0.15, 0.2) is 10.9 Å². The van der Waals surface area contributed by atoms with Crippen LogP contribution >= 0.6 is 0 Å². The lowest BCUT2D eigenvalue weighted by Crippen LogP contribution is -2.04. The van der Waals surface area contributed by atoms with Crippen LogP contribution < -0.4 is 10.9 Å². The van der Waals surface area contributed by atoms with Crippen LogP contribution in [0.5, 0.6) is 0 Å². The molecule has 2 heterocycles. The second-order valence-corrected chi connectivity index (χ2v) is 7.68. The zero-order valence-electron chi connectivity index (χ0n) is 18.2. The summed E-state index contributed by atoms with van der Waals surface area (Å²) in [5.74, 6) is 0.606. The van der Waals surface area contributed by atoms with Crippen molar-refractivity contribution in [2.75, 3.05) is 0 Å². The first kappa shape index (κ1) is 21.2. The lowest BCUT2D eigenvalue weighted by molar-refractivity contribution is 0.604. The largest absolute Gasteiger partial charge is 0.463 e. The number of rotatable bonds is 2. The normalized spacial score (nSPS) is 10.6. The summed E-state index contributed by atoms with van der Waals surface area (Å²) < 4.78 is 11.2. The molecule has 0 aliphatic carbocycles. The van der Waals surface area contributed by atoms with Gasteiger partial charge in [-0.05, 0) is 29.8 Å². The molecule has 2 aromatic heterocycles. The van der Waals surface area contributed by atoms with E-state index >= 15 is 0 Å². The van der Waals surface area contributed by atoms with E-state index < -0.39 is 0 Å². The summed E-state index contributed by atoms with van der Waals surface area (Å²) in [6.45, 7) is 0. The van der Waals surface area contributed by atoms with E-state index in [4.69, 9.17) is 8.83 Å². The third-order valence-electron chi connectivity index (χ3n) is 5.46. The molecular weight excluding hydrogens is 424 g/mol. The van der Waals surface area contributed by atoms with Crippen LogP contribution in [0.4, 0.5) is 0 Å². The summed E-state index contributed by atoms with van der Waals surface area (Å²) in [7, 11) is 0. The molecule has 0 spiro atoms. The van der Waals surface area contributed by atoms with E-state index in [-0.39, 0.29) is 10.9 Å². The van der Waals surface area contributed by atoms with Gasteiger partial charge in [-0.3, -0.25) is 9.59 Å². The number of fused-ring (bicyclic) bond motifs is 2. The molecule has 0 bridgehead atoms. The van der Waals surface area contributed by atoms with Crippen LogP contribution in [-0.2, 0) is 0 Å². The third-order valence-corrected chi connectivity index (χ3v) is 5.46.